The maximum Gasteiger partial charge on any atom is 1.00 e. The molecule has 0 unspecified atom stereocenters. The summed E-state index contributed by atoms with van der Waals surface area (Å²) in [6.45, 7) is 1.70. The van der Waals surface area contributed by atoms with Gasteiger partial charge >= 0.3 is 27.9 Å². The van der Waals surface area contributed by atoms with Gasteiger partial charge in [-0.2, -0.15) is 13.2 Å². The van der Waals surface area contributed by atoms with Gasteiger partial charge in [0.1, 0.15) is 4.84 Å². The number of rotatable bonds is 0. The minimum Gasteiger partial charge on any atom is -0.741 e. The van der Waals surface area contributed by atoms with Crippen LogP contribution in [0.5, 0.6) is 0 Å². The summed E-state index contributed by atoms with van der Waals surface area (Å²) in [6.07, 6.45) is 0. The van der Waals surface area contributed by atoms with Crippen molar-refractivity contribution in [2.75, 3.05) is 0 Å². The van der Waals surface area contributed by atoms with E-state index in [9.17, 15) is 13.2 Å². The molecule has 0 bridgehead atoms. The number of halogens is 5. The van der Waals surface area contributed by atoms with Crippen molar-refractivity contribution in [1.82, 2.24) is 0 Å². The molecule has 0 amide bonds. The van der Waals surface area contributed by atoms with E-state index in [0.717, 1.165) is 0 Å². The molecule has 0 radical (unpaired) electrons. The Bertz CT molecular complexity index is 212. The van der Waals surface area contributed by atoms with Crippen molar-refractivity contribution in [2.45, 2.75) is 17.3 Å². The van der Waals surface area contributed by atoms with Gasteiger partial charge in [-0.25, -0.2) is 8.42 Å². The standard InChI is InChI=1S/C2H4Cl2.CHF3O3S.Ag/c1-2(3)4;2-1(3,4)8(5,6)7;/h2H,1H3;(H,5,6,7);/q;;+1/p-1. The summed E-state index contributed by atoms with van der Waals surface area (Å²) < 4.78 is 58.9. The van der Waals surface area contributed by atoms with Crippen LogP contribution in [0.1, 0.15) is 6.92 Å². The minimum atomic E-state index is -6.09. The summed E-state index contributed by atoms with van der Waals surface area (Å²) in [6, 6.07) is 0. The molecule has 3 nitrogen and oxygen atoms in total. The van der Waals surface area contributed by atoms with E-state index in [2.05, 4.69) is 0 Å². The largest absolute Gasteiger partial charge is 1.00 e. The Balaban J connectivity index is -0.000000173. The van der Waals surface area contributed by atoms with Crippen LogP contribution in [0.3, 0.4) is 0 Å². The molecule has 0 spiro atoms. The zero-order valence-electron chi connectivity index (χ0n) is 5.90. The molecular weight excluding hydrogens is 352 g/mol. The second-order valence-electron chi connectivity index (χ2n) is 1.42. The Hall–Kier alpha value is 1.02. The van der Waals surface area contributed by atoms with Gasteiger partial charge in [0.25, 0.3) is 0 Å². The summed E-state index contributed by atoms with van der Waals surface area (Å²) in [7, 11) is -6.09. The van der Waals surface area contributed by atoms with Crippen LogP contribution in [-0.4, -0.2) is 23.3 Å². The van der Waals surface area contributed by atoms with Gasteiger partial charge in [-0.15, -0.1) is 23.2 Å². The summed E-state index contributed by atoms with van der Waals surface area (Å²) in [5, 5.41) is 0. The molecular formula is C3H4AgCl2F3O3S. The summed E-state index contributed by atoms with van der Waals surface area (Å²) in [5.41, 5.74) is -5.65. The third-order valence-corrected chi connectivity index (χ3v) is 0.850. The van der Waals surface area contributed by atoms with Crippen LogP contribution in [0.25, 0.3) is 0 Å². The molecule has 0 aromatic rings. The molecule has 0 aliphatic carbocycles. The fourth-order valence-corrected chi connectivity index (χ4v) is 0. The van der Waals surface area contributed by atoms with Crippen LogP contribution in [0.15, 0.2) is 0 Å². The Morgan fingerprint density at radius 3 is 1.38 bits per heavy atom. The first-order valence-corrected chi connectivity index (χ1v) is 4.57. The maximum absolute atomic E-state index is 10.7. The summed E-state index contributed by atoms with van der Waals surface area (Å²) in [4.78, 5) is -0.222. The Morgan fingerprint density at radius 2 is 1.38 bits per heavy atom. The molecule has 0 aliphatic heterocycles. The van der Waals surface area contributed by atoms with E-state index in [1.54, 1.807) is 6.92 Å². The molecule has 0 atom stereocenters. The van der Waals surface area contributed by atoms with Crippen molar-refractivity contribution in [2.24, 2.45) is 0 Å². The van der Waals surface area contributed by atoms with Gasteiger partial charge in [0, 0.05) is 0 Å². The monoisotopic (exact) mass is 354 g/mol. The van der Waals surface area contributed by atoms with E-state index < -0.39 is 15.6 Å². The van der Waals surface area contributed by atoms with Gasteiger partial charge in [-0.3, -0.25) is 0 Å². The van der Waals surface area contributed by atoms with Gasteiger partial charge in [0.05, 0.1) is 0 Å². The fraction of sp³-hybridized carbons (Fsp3) is 1.00. The maximum atomic E-state index is 10.7. The van der Waals surface area contributed by atoms with Crippen molar-refractivity contribution in [3.05, 3.63) is 0 Å². The average Bonchev–Trinajstić information content (AvgIpc) is 1.55. The van der Waals surface area contributed by atoms with Crippen LogP contribution in [0.2, 0.25) is 0 Å². The van der Waals surface area contributed by atoms with Crippen molar-refractivity contribution in [1.29, 1.82) is 0 Å². The Labute approximate surface area is 98.8 Å². The van der Waals surface area contributed by atoms with Gasteiger partial charge < -0.3 is 4.55 Å². The van der Waals surface area contributed by atoms with Gasteiger partial charge in [0.2, 0.25) is 0 Å². The van der Waals surface area contributed by atoms with E-state index in [4.69, 9.17) is 36.2 Å². The molecule has 86 valence electrons. The Kier molecular flexibility index (Phi) is 11.0. The number of hydrogen-bond donors (Lipinski definition) is 0. The molecule has 0 heterocycles. The molecule has 13 heavy (non-hydrogen) atoms. The Morgan fingerprint density at radius 1 is 1.31 bits per heavy atom. The van der Waals surface area contributed by atoms with Crippen LogP contribution < -0.4 is 0 Å². The predicted octanol–water partition coefficient (Wildman–Crippen LogP) is 1.86. The van der Waals surface area contributed by atoms with Crippen molar-refractivity contribution in [3.63, 3.8) is 0 Å². The molecule has 10 heteroatoms. The first-order chi connectivity index (χ1) is 4.98. The normalized spacial score (nSPS) is 11.4. The van der Waals surface area contributed by atoms with Crippen LogP contribution in [0, 0.1) is 0 Å². The third kappa shape index (κ3) is 15.7. The second kappa shape index (κ2) is 7.33. The van der Waals surface area contributed by atoms with Crippen LogP contribution in [-0.2, 0) is 32.5 Å². The van der Waals surface area contributed by atoms with E-state index >= 15 is 0 Å². The predicted molar refractivity (Wildman–Crippen MR) is 36.9 cm³/mol. The van der Waals surface area contributed by atoms with Gasteiger partial charge in [-0.05, 0) is 6.92 Å². The van der Waals surface area contributed by atoms with E-state index in [-0.39, 0.29) is 27.2 Å². The second-order valence-corrected chi connectivity index (χ2v) is 4.32. The van der Waals surface area contributed by atoms with Gasteiger partial charge in [0.15, 0.2) is 10.1 Å². The zero-order valence-corrected chi connectivity index (χ0v) is 9.71. The SMILES string of the molecule is CC(Cl)Cl.O=S(=O)([O-])C(F)(F)F.[Ag+]. The molecule has 0 fully saturated rings. The first-order valence-electron chi connectivity index (χ1n) is 2.28. The molecule has 0 aromatic heterocycles. The molecule has 0 N–H and O–H groups in total. The fourth-order valence-electron chi connectivity index (χ4n) is 0. The minimum absolute atomic E-state index is 0. The summed E-state index contributed by atoms with van der Waals surface area (Å²) in [5.74, 6) is 0. The molecule has 0 aromatic carbocycles. The quantitative estimate of drug-likeness (QED) is 0.288. The topological polar surface area (TPSA) is 57.2 Å². The van der Waals surface area contributed by atoms with E-state index in [1.165, 1.54) is 0 Å². The van der Waals surface area contributed by atoms with Crippen molar-refractivity contribution >= 4 is 33.3 Å². The van der Waals surface area contributed by atoms with Crippen molar-refractivity contribution < 1.29 is 48.5 Å². The van der Waals surface area contributed by atoms with E-state index in [0.29, 0.717) is 0 Å². The smallest absolute Gasteiger partial charge is 0.741 e. The van der Waals surface area contributed by atoms with Gasteiger partial charge in [-0.1, -0.05) is 0 Å². The molecule has 0 rings (SSSR count). The molecule has 0 aliphatic rings. The third-order valence-electron chi connectivity index (χ3n) is 0.283. The van der Waals surface area contributed by atoms with Crippen LogP contribution >= 0.6 is 23.2 Å². The van der Waals surface area contributed by atoms with Crippen LogP contribution in [0.4, 0.5) is 13.2 Å². The zero-order chi connectivity index (χ0) is 10.6. The summed E-state index contributed by atoms with van der Waals surface area (Å²) >= 11 is 10.1. The number of alkyl halides is 5. The molecule has 0 saturated heterocycles. The molecule has 0 saturated carbocycles. The van der Waals surface area contributed by atoms with E-state index in [1.807, 2.05) is 0 Å². The first kappa shape index (κ1) is 19.6. The number of hydrogen-bond acceptors (Lipinski definition) is 3. The van der Waals surface area contributed by atoms with Crippen molar-refractivity contribution in [3.8, 4) is 0 Å². The average molecular weight is 356 g/mol.